The van der Waals surface area contributed by atoms with Gasteiger partial charge in [-0.15, -0.1) is 0 Å². The standard InChI is InChI=1S/C12H12O2/c1-14-12(13)10-6-8-3-2-7-4-5-9(10)11(7)8/h2-9,11H,1H3/t7-,8-,9-,11+/m1/s1. The summed E-state index contributed by atoms with van der Waals surface area (Å²) in [7, 11) is 1.45. The van der Waals surface area contributed by atoms with E-state index in [0.29, 0.717) is 23.7 Å². The molecule has 0 aromatic carbocycles. The van der Waals surface area contributed by atoms with Gasteiger partial charge in [0, 0.05) is 17.4 Å². The highest BCUT2D eigenvalue weighted by Gasteiger charge is 2.46. The first-order valence-corrected chi connectivity index (χ1v) is 4.98. The van der Waals surface area contributed by atoms with Crippen LogP contribution in [0.3, 0.4) is 0 Å². The van der Waals surface area contributed by atoms with Crippen LogP contribution in [0.25, 0.3) is 0 Å². The molecule has 0 aromatic heterocycles. The van der Waals surface area contributed by atoms with Gasteiger partial charge < -0.3 is 4.74 Å². The molecule has 2 heteroatoms. The van der Waals surface area contributed by atoms with Gasteiger partial charge in [-0.3, -0.25) is 0 Å². The number of esters is 1. The number of allylic oxidation sites excluding steroid dienone is 5. The van der Waals surface area contributed by atoms with Crippen molar-refractivity contribution in [3.05, 3.63) is 36.0 Å². The zero-order valence-electron chi connectivity index (χ0n) is 8.01. The predicted octanol–water partition coefficient (Wildman–Crippen LogP) is 1.70. The maximum atomic E-state index is 11.5. The number of carbonyl (C=O) groups is 1. The molecule has 14 heavy (non-hydrogen) atoms. The third-order valence-corrected chi connectivity index (χ3v) is 3.55. The van der Waals surface area contributed by atoms with Crippen LogP contribution in [0.2, 0.25) is 0 Å². The lowest BCUT2D eigenvalue weighted by atomic mass is 9.87. The summed E-state index contributed by atoms with van der Waals surface area (Å²) in [5, 5.41) is 0. The second-order valence-corrected chi connectivity index (χ2v) is 4.14. The quantitative estimate of drug-likeness (QED) is 0.462. The molecule has 4 atom stereocenters. The molecule has 0 aliphatic heterocycles. The molecule has 0 bridgehead atoms. The molecule has 0 amide bonds. The van der Waals surface area contributed by atoms with Crippen molar-refractivity contribution in [2.45, 2.75) is 0 Å². The fourth-order valence-electron chi connectivity index (χ4n) is 2.94. The third-order valence-electron chi connectivity index (χ3n) is 3.55. The van der Waals surface area contributed by atoms with E-state index < -0.39 is 0 Å². The Labute approximate surface area is 82.9 Å². The molecule has 2 nitrogen and oxygen atoms in total. The number of carbonyl (C=O) groups excluding carboxylic acids is 1. The van der Waals surface area contributed by atoms with Crippen molar-refractivity contribution in [2.75, 3.05) is 7.11 Å². The highest BCUT2D eigenvalue weighted by molar-refractivity contribution is 5.90. The lowest BCUT2D eigenvalue weighted by Crippen LogP contribution is -2.16. The van der Waals surface area contributed by atoms with Gasteiger partial charge in [0.15, 0.2) is 0 Å². The SMILES string of the molecule is COC(=O)C1=C[C@H]2C=C[C@@H]3C=C[C@H]1[C@@H]32. The number of hydrogen-bond donors (Lipinski definition) is 0. The van der Waals surface area contributed by atoms with Crippen molar-refractivity contribution >= 4 is 5.97 Å². The molecular weight excluding hydrogens is 176 g/mol. The first-order chi connectivity index (χ1) is 6.81. The normalized spacial score (nSPS) is 41.4. The maximum Gasteiger partial charge on any atom is 0.334 e. The maximum absolute atomic E-state index is 11.5. The van der Waals surface area contributed by atoms with E-state index in [1.54, 1.807) is 0 Å². The summed E-state index contributed by atoms with van der Waals surface area (Å²) < 4.78 is 4.78. The summed E-state index contributed by atoms with van der Waals surface area (Å²) in [6, 6.07) is 0. The molecule has 3 aliphatic rings. The molecule has 0 aromatic rings. The molecule has 0 saturated heterocycles. The van der Waals surface area contributed by atoms with Crippen LogP contribution in [0, 0.1) is 23.7 Å². The van der Waals surface area contributed by atoms with Gasteiger partial charge in [0.2, 0.25) is 0 Å². The molecule has 3 rings (SSSR count). The minimum Gasteiger partial charge on any atom is -0.466 e. The molecule has 0 N–H and O–H groups in total. The van der Waals surface area contributed by atoms with Crippen molar-refractivity contribution in [3.8, 4) is 0 Å². The highest BCUT2D eigenvalue weighted by atomic mass is 16.5. The van der Waals surface area contributed by atoms with Crippen LogP contribution in [0.15, 0.2) is 36.0 Å². The molecule has 0 heterocycles. The van der Waals surface area contributed by atoms with Gasteiger partial charge in [-0.1, -0.05) is 30.4 Å². The van der Waals surface area contributed by atoms with E-state index in [1.807, 2.05) is 0 Å². The number of ether oxygens (including phenoxy) is 1. The van der Waals surface area contributed by atoms with Gasteiger partial charge in [0.1, 0.15) is 0 Å². The van der Waals surface area contributed by atoms with Gasteiger partial charge in [0.25, 0.3) is 0 Å². The molecule has 0 spiro atoms. The second-order valence-electron chi connectivity index (χ2n) is 4.14. The first-order valence-electron chi connectivity index (χ1n) is 4.98. The minimum absolute atomic E-state index is 0.164. The van der Waals surface area contributed by atoms with Crippen molar-refractivity contribution in [3.63, 3.8) is 0 Å². The van der Waals surface area contributed by atoms with Crippen LogP contribution in [0.5, 0.6) is 0 Å². The summed E-state index contributed by atoms with van der Waals surface area (Å²) in [4.78, 5) is 11.5. The van der Waals surface area contributed by atoms with Crippen molar-refractivity contribution in [1.29, 1.82) is 0 Å². The summed E-state index contributed by atoms with van der Waals surface area (Å²) in [5.41, 5.74) is 0.852. The number of rotatable bonds is 1. The molecular formula is C12H12O2. The van der Waals surface area contributed by atoms with E-state index in [4.69, 9.17) is 4.74 Å². The zero-order chi connectivity index (χ0) is 9.71. The van der Waals surface area contributed by atoms with E-state index in [9.17, 15) is 4.79 Å². The second kappa shape index (κ2) is 2.59. The van der Waals surface area contributed by atoms with Gasteiger partial charge in [-0.2, -0.15) is 0 Å². The number of hydrogen-bond acceptors (Lipinski definition) is 2. The van der Waals surface area contributed by atoms with Crippen LogP contribution >= 0.6 is 0 Å². The van der Waals surface area contributed by atoms with Gasteiger partial charge in [-0.05, 0) is 11.8 Å². The van der Waals surface area contributed by atoms with E-state index in [2.05, 4.69) is 30.4 Å². The summed E-state index contributed by atoms with van der Waals surface area (Å²) in [6.45, 7) is 0. The Morgan fingerprint density at radius 1 is 1.21 bits per heavy atom. The number of methoxy groups -OCH3 is 1. The lowest BCUT2D eigenvalue weighted by molar-refractivity contribution is -0.136. The Morgan fingerprint density at radius 3 is 2.71 bits per heavy atom. The van der Waals surface area contributed by atoms with Crippen LogP contribution < -0.4 is 0 Å². The van der Waals surface area contributed by atoms with Crippen LogP contribution in [-0.2, 0) is 9.53 Å². The average molecular weight is 188 g/mol. The van der Waals surface area contributed by atoms with E-state index in [1.165, 1.54) is 7.11 Å². The predicted molar refractivity (Wildman–Crippen MR) is 52.3 cm³/mol. The van der Waals surface area contributed by atoms with Crippen molar-refractivity contribution < 1.29 is 9.53 Å². The van der Waals surface area contributed by atoms with Crippen LogP contribution in [-0.4, -0.2) is 13.1 Å². The Balaban J connectivity index is 1.99. The van der Waals surface area contributed by atoms with E-state index in [0.717, 1.165) is 5.57 Å². The van der Waals surface area contributed by atoms with Gasteiger partial charge in [0.05, 0.1) is 7.11 Å². The van der Waals surface area contributed by atoms with Gasteiger partial charge >= 0.3 is 5.97 Å². The van der Waals surface area contributed by atoms with Crippen LogP contribution in [0.1, 0.15) is 0 Å². The largest absolute Gasteiger partial charge is 0.466 e. The topological polar surface area (TPSA) is 26.3 Å². The Bertz CT molecular complexity index is 376. The smallest absolute Gasteiger partial charge is 0.334 e. The lowest BCUT2D eigenvalue weighted by Gasteiger charge is -2.16. The third kappa shape index (κ3) is 0.834. The van der Waals surface area contributed by atoms with Crippen LogP contribution in [0.4, 0.5) is 0 Å². The first kappa shape index (κ1) is 8.04. The van der Waals surface area contributed by atoms with E-state index >= 15 is 0 Å². The molecule has 72 valence electrons. The summed E-state index contributed by atoms with van der Waals surface area (Å²) in [6.07, 6.45) is 10.9. The fourth-order valence-corrected chi connectivity index (χ4v) is 2.94. The fraction of sp³-hybridized carbons (Fsp3) is 0.417. The van der Waals surface area contributed by atoms with Crippen molar-refractivity contribution in [2.24, 2.45) is 23.7 Å². The molecule has 0 fully saturated rings. The minimum atomic E-state index is -0.164. The molecule has 0 radical (unpaired) electrons. The average Bonchev–Trinajstić information content (AvgIpc) is 2.83. The van der Waals surface area contributed by atoms with Crippen molar-refractivity contribution in [1.82, 2.24) is 0 Å². The molecule has 0 unspecified atom stereocenters. The highest BCUT2D eigenvalue weighted by Crippen LogP contribution is 2.51. The van der Waals surface area contributed by atoms with E-state index in [-0.39, 0.29) is 5.97 Å². The Hall–Kier alpha value is -1.31. The zero-order valence-corrected chi connectivity index (χ0v) is 8.01. The monoisotopic (exact) mass is 188 g/mol. The molecule has 3 aliphatic carbocycles. The Morgan fingerprint density at radius 2 is 1.93 bits per heavy atom. The summed E-state index contributed by atoms with van der Waals surface area (Å²) >= 11 is 0. The summed E-state index contributed by atoms with van der Waals surface area (Å²) in [5.74, 6) is 1.71. The van der Waals surface area contributed by atoms with Gasteiger partial charge in [-0.25, -0.2) is 4.79 Å². The molecule has 0 saturated carbocycles. The Kier molecular flexibility index (Phi) is 1.49.